The highest BCUT2D eigenvalue weighted by Crippen LogP contribution is 2.38. The Kier molecular flexibility index (Phi) is 4.28. The number of hydrogen-bond donors (Lipinski definition) is 2. The third-order valence-electron chi connectivity index (χ3n) is 2.68. The number of rotatable bonds is 7. The third-order valence-corrected chi connectivity index (χ3v) is 2.68. The highest BCUT2D eigenvalue weighted by Gasteiger charge is 2.27. The summed E-state index contributed by atoms with van der Waals surface area (Å²) in [6, 6.07) is 1.68. The topological polar surface area (TPSA) is 49.8 Å². The minimum absolute atomic E-state index is 0.381. The van der Waals surface area contributed by atoms with Crippen LogP contribution >= 0.6 is 0 Å². The molecule has 1 aliphatic carbocycles. The first-order valence-electron chi connectivity index (χ1n) is 6.34. The molecular formula is C12H18F2N4. The van der Waals surface area contributed by atoms with Gasteiger partial charge in [-0.15, -0.1) is 0 Å². The summed E-state index contributed by atoms with van der Waals surface area (Å²) in [7, 11) is 0. The zero-order chi connectivity index (χ0) is 13.0. The molecule has 1 fully saturated rings. The number of nitrogens with one attached hydrogen (secondary N) is 2. The number of aromatic nitrogens is 2. The Morgan fingerprint density at radius 3 is 2.50 bits per heavy atom. The van der Waals surface area contributed by atoms with Crippen molar-refractivity contribution in [2.75, 3.05) is 23.7 Å². The molecule has 1 heterocycles. The summed E-state index contributed by atoms with van der Waals surface area (Å²) in [6.45, 7) is 2.50. The maximum Gasteiger partial charge on any atom is 0.255 e. The van der Waals surface area contributed by atoms with E-state index in [0.29, 0.717) is 17.6 Å². The molecule has 100 valence electrons. The molecule has 0 aromatic carbocycles. The Morgan fingerprint density at radius 2 is 1.94 bits per heavy atom. The van der Waals surface area contributed by atoms with E-state index in [9.17, 15) is 8.78 Å². The lowest BCUT2D eigenvalue weighted by molar-refractivity contribution is 0.163. The van der Waals surface area contributed by atoms with Gasteiger partial charge < -0.3 is 10.6 Å². The van der Waals surface area contributed by atoms with E-state index >= 15 is 0 Å². The molecule has 0 spiro atoms. The molecule has 1 saturated carbocycles. The average molecular weight is 256 g/mol. The van der Waals surface area contributed by atoms with Gasteiger partial charge in [-0.2, -0.15) is 0 Å². The monoisotopic (exact) mass is 256 g/mol. The van der Waals surface area contributed by atoms with E-state index in [1.807, 2.05) is 0 Å². The van der Waals surface area contributed by atoms with Crippen LogP contribution in [0.2, 0.25) is 0 Å². The summed E-state index contributed by atoms with van der Waals surface area (Å²) in [5.41, 5.74) is 0. The van der Waals surface area contributed by atoms with Gasteiger partial charge in [-0.05, 0) is 19.3 Å². The number of anilines is 2. The van der Waals surface area contributed by atoms with Crippen LogP contribution in [0, 0.1) is 0 Å². The highest BCUT2D eigenvalue weighted by molar-refractivity contribution is 5.48. The van der Waals surface area contributed by atoms with Crippen LogP contribution in [-0.4, -0.2) is 29.5 Å². The lowest BCUT2D eigenvalue weighted by Gasteiger charge is -2.10. The SMILES string of the molecule is CCCNc1cc(NCC(F)F)nc(C2CC2)n1. The number of hydrogen-bond acceptors (Lipinski definition) is 4. The van der Waals surface area contributed by atoms with Gasteiger partial charge in [-0.1, -0.05) is 6.92 Å². The minimum atomic E-state index is -2.38. The molecule has 1 aromatic rings. The largest absolute Gasteiger partial charge is 0.370 e. The fourth-order valence-electron chi connectivity index (χ4n) is 1.61. The molecule has 0 bridgehead atoms. The second kappa shape index (κ2) is 5.93. The van der Waals surface area contributed by atoms with E-state index in [1.165, 1.54) is 0 Å². The van der Waals surface area contributed by atoms with Crippen LogP contribution < -0.4 is 10.6 Å². The summed E-state index contributed by atoms with van der Waals surface area (Å²) in [5, 5.41) is 5.81. The molecule has 1 aliphatic rings. The molecule has 6 heteroatoms. The van der Waals surface area contributed by atoms with Crippen molar-refractivity contribution in [2.24, 2.45) is 0 Å². The maximum absolute atomic E-state index is 12.2. The van der Waals surface area contributed by atoms with E-state index < -0.39 is 6.43 Å². The maximum atomic E-state index is 12.2. The van der Waals surface area contributed by atoms with Crippen molar-refractivity contribution < 1.29 is 8.78 Å². The van der Waals surface area contributed by atoms with Gasteiger partial charge in [-0.3, -0.25) is 0 Å². The van der Waals surface area contributed by atoms with Crippen LogP contribution in [0.25, 0.3) is 0 Å². The van der Waals surface area contributed by atoms with Gasteiger partial charge in [0.05, 0.1) is 6.54 Å². The first-order valence-corrected chi connectivity index (χ1v) is 6.34. The molecule has 0 aliphatic heterocycles. The molecular weight excluding hydrogens is 238 g/mol. The van der Waals surface area contributed by atoms with Crippen molar-refractivity contribution in [1.29, 1.82) is 0 Å². The summed E-state index contributed by atoms with van der Waals surface area (Å²) < 4.78 is 24.3. The summed E-state index contributed by atoms with van der Waals surface area (Å²) in [4.78, 5) is 8.69. The lowest BCUT2D eigenvalue weighted by atomic mass is 10.3. The molecule has 2 N–H and O–H groups in total. The van der Waals surface area contributed by atoms with Gasteiger partial charge >= 0.3 is 0 Å². The van der Waals surface area contributed by atoms with E-state index in [1.54, 1.807) is 6.07 Å². The fraction of sp³-hybridized carbons (Fsp3) is 0.667. The van der Waals surface area contributed by atoms with Gasteiger partial charge in [0.2, 0.25) is 0 Å². The quantitative estimate of drug-likeness (QED) is 0.787. The average Bonchev–Trinajstić information content (AvgIpc) is 3.18. The highest BCUT2D eigenvalue weighted by atomic mass is 19.3. The van der Waals surface area contributed by atoms with Crippen LogP contribution in [0.5, 0.6) is 0 Å². The zero-order valence-electron chi connectivity index (χ0n) is 10.4. The van der Waals surface area contributed by atoms with E-state index in [0.717, 1.165) is 31.6 Å². The first-order chi connectivity index (χ1) is 8.69. The molecule has 2 rings (SSSR count). The smallest absolute Gasteiger partial charge is 0.255 e. The van der Waals surface area contributed by atoms with Crippen LogP contribution in [0.15, 0.2) is 6.07 Å². The molecule has 18 heavy (non-hydrogen) atoms. The molecule has 4 nitrogen and oxygen atoms in total. The van der Waals surface area contributed by atoms with Crippen molar-refractivity contribution in [3.8, 4) is 0 Å². The standard InChI is InChI=1S/C12H18F2N4/c1-2-5-15-10-6-11(16-7-9(13)14)18-12(17-10)8-3-4-8/h6,8-9H,2-5,7H2,1H3,(H2,15,16,17,18). The van der Waals surface area contributed by atoms with Gasteiger partial charge in [0.1, 0.15) is 17.5 Å². The second-order valence-electron chi connectivity index (χ2n) is 4.47. The number of halogens is 2. The van der Waals surface area contributed by atoms with Crippen LogP contribution in [0.4, 0.5) is 20.4 Å². The molecule has 0 unspecified atom stereocenters. The van der Waals surface area contributed by atoms with Crippen LogP contribution in [0.3, 0.4) is 0 Å². The van der Waals surface area contributed by atoms with Gasteiger partial charge in [0.15, 0.2) is 0 Å². The Balaban J connectivity index is 2.08. The third kappa shape index (κ3) is 3.78. The van der Waals surface area contributed by atoms with Crippen molar-refractivity contribution in [2.45, 2.75) is 38.5 Å². The van der Waals surface area contributed by atoms with Crippen molar-refractivity contribution >= 4 is 11.6 Å². The Bertz CT molecular complexity index is 394. The zero-order valence-corrected chi connectivity index (χ0v) is 10.4. The predicted octanol–water partition coefficient (Wildman–Crippen LogP) is 2.85. The second-order valence-corrected chi connectivity index (χ2v) is 4.47. The Morgan fingerprint density at radius 1 is 1.28 bits per heavy atom. The van der Waals surface area contributed by atoms with Gasteiger partial charge in [-0.25, -0.2) is 18.7 Å². The van der Waals surface area contributed by atoms with E-state index in [-0.39, 0.29) is 6.54 Å². The number of nitrogens with zero attached hydrogens (tertiary/aromatic N) is 2. The Labute approximate surface area is 105 Å². The summed E-state index contributed by atoms with van der Waals surface area (Å²) in [6.07, 6.45) is 0.788. The lowest BCUT2D eigenvalue weighted by Crippen LogP contribution is -2.13. The number of alkyl halides is 2. The Hall–Kier alpha value is -1.46. The van der Waals surface area contributed by atoms with Gasteiger partial charge in [0, 0.05) is 18.5 Å². The molecule has 0 atom stereocenters. The minimum Gasteiger partial charge on any atom is -0.370 e. The predicted molar refractivity (Wildman–Crippen MR) is 67.3 cm³/mol. The molecule has 0 saturated heterocycles. The van der Waals surface area contributed by atoms with Gasteiger partial charge in [0.25, 0.3) is 6.43 Å². The van der Waals surface area contributed by atoms with Crippen LogP contribution in [0.1, 0.15) is 37.9 Å². The normalized spacial score (nSPS) is 14.9. The van der Waals surface area contributed by atoms with E-state index in [4.69, 9.17) is 0 Å². The van der Waals surface area contributed by atoms with E-state index in [2.05, 4.69) is 27.5 Å². The van der Waals surface area contributed by atoms with Crippen molar-refractivity contribution in [3.63, 3.8) is 0 Å². The fourth-order valence-corrected chi connectivity index (χ4v) is 1.61. The molecule has 0 amide bonds. The first kappa shape index (κ1) is 13.0. The summed E-state index contributed by atoms with van der Waals surface area (Å²) in [5.74, 6) is 2.35. The van der Waals surface area contributed by atoms with Crippen LogP contribution in [-0.2, 0) is 0 Å². The van der Waals surface area contributed by atoms with Crippen molar-refractivity contribution in [3.05, 3.63) is 11.9 Å². The summed E-state index contributed by atoms with van der Waals surface area (Å²) >= 11 is 0. The molecule has 1 aromatic heterocycles. The van der Waals surface area contributed by atoms with Crippen molar-refractivity contribution in [1.82, 2.24) is 9.97 Å². The molecule has 0 radical (unpaired) electrons.